The minimum atomic E-state index is -2.23. The fourth-order valence-corrected chi connectivity index (χ4v) is 3.19. The van der Waals surface area contributed by atoms with Gasteiger partial charge in [0.1, 0.15) is 6.54 Å². The molecule has 0 aliphatic rings. The van der Waals surface area contributed by atoms with Gasteiger partial charge in [0.25, 0.3) is 0 Å². The van der Waals surface area contributed by atoms with Crippen LogP contribution < -0.4 is 5.32 Å². The van der Waals surface area contributed by atoms with Crippen molar-refractivity contribution < 1.29 is 26.7 Å². The largest absolute Gasteiger partial charge is 0.321 e. The molecule has 2 heterocycles. The van der Waals surface area contributed by atoms with Gasteiger partial charge in [-0.15, -0.1) is 0 Å². The number of hydrogen-bond donors (Lipinski definition) is 1. The van der Waals surface area contributed by atoms with Crippen molar-refractivity contribution in [3.05, 3.63) is 62.4 Å². The van der Waals surface area contributed by atoms with E-state index in [9.17, 15) is 26.7 Å². The van der Waals surface area contributed by atoms with Gasteiger partial charge in [-0.1, -0.05) is 0 Å². The number of anilines is 1. The standard InChI is InChI=1S/C18H15BrF5N5O/c1-7-11(19)5-28(26-7)6-12(30)25-18-8(2)27-29(9(18)3)4-10-13(20)15(22)17(24)16(23)14(10)21/h5H,4,6H2,1-3H3,(H,25,30). The highest BCUT2D eigenvalue weighted by Crippen LogP contribution is 2.26. The van der Waals surface area contributed by atoms with Crippen molar-refractivity contribution in [3.63, 3.8) is 0 Å². The number of hydrogen-bond acceptors (Lipinski definition) is 3. The average Bonchev–Trinajstić information content (AvgIpc) is 3.14. The van der Waals surface area contributed by atoms with Crippen LogP contribution in [0.4, 0.5) is 27.6 Å². The number of halogens is 6. The minimum Gasteiger partial charge on any atom is -0.321 e. The molecule has 12 heteroatoms. The van der Waals surface area contributed by atoms with Crippen molar-refractivity contribution in [2.45, 2.75) is 33.9 Å². The molecule has 3 aromatic rings. The van der Waals surface area contributed by atoms with Crippen molar-refractivity contribution in [3.8, 4) is 0 Å². The first-order valence-electron chi connectivity index (χ1n) is 8.55. The van der Waals surface area contributed by atoms with Crippen LogP contribution in [0.1, 0.15) is 22.6 Å². The van der Waals surface area contributed by atoms with E-state index >= 15 is 0 Å². The van der Waals surface area contributed by atoms with Gasteiger partial charge in [0, 0.05) is 6.20 Å². The second-order valence-electron chi connectivity index (χ2n) is 6.56. The van der Waals surface area contributed by atoms with E-state index < -0.39 is 47.1 Å². The van der Waals surface area contributed by atoms with Gasteiger partial charge in [-0.05, 0) is 36.7 Å². The molecule has 6 nitrogen and oxygen atoms in total. The summed E-state index contributed by atoms with van der Waals surface area (Å²) in [7, 11) is 0. The third-order valence-electron chi connectivity index (χ3n) is 4.45. The van der Waals surface area contributed by atoms with Crippen LogP contribution in [0, 0.1) is 49.9 Å². The maximum Gasteiger partial charge on any atom is 0.246 e. The summed E-state index contributed by atoms with van der Waals surface area (Å²) in [5, 5.41) is 10.8. The highest BCUT2D eigenvalue weighted by molar-refractivity contribution is 9.10. The fraction of sp³-hybridized carbons (Fsp3) is 0.278. The van der Waals surface area contributed by atoms with E-state index in [-0.39, 0.29) is 17.9 Å². The zero-order valence-corrected chi connectivity index (χ0v) is 17.5. The quantitative estimate of drug-likeness (QED) is 0.331. The topological polar surface area (TPSA) is 64.7 Å². The number of amides is 1. The lowest BCUT2D eigenvalue weighted by Gasteiger charge is -2.10. The molecule has 0 unspecified atom stereocenters. The van der Waals surface area contributed by atoms with Crippen LogP contribution in [0.25, 0.3) is 0 Å². The molecule has 0 bridgehead atoms. The predicted octanol–water partition coefficient (Wildman–Crippen LogP) is 4.15. The van der Waals surface area contributed by atoms with Crippen LogP contribution in [0.2, 0.25) is 0 Å². The molecule has 160 valence electrons. The van der Waals surface area contributed by atoms with E-state index in [1.165, 1.54) is 18.5 Å². The fourth-order valence-electron chi connectivity index (χ4n) is 2.87. The smallest absolute Gasteiger partial charge is 0.246 e. The number of carbonyl (C=O) groups is 1. The van der Waals surface area contributed by atoms with E-state index in [4.69, 9.17) is 0 Å². The van der Waals surface area contributed by atoms with Crippen molar-refractivity contribution in [2.75, 3.05) is 5.32 Å². The normalized spacial score (nSPS) is 11.2. The minimum absolute atomic E-state index is 0.103. The summed E-state index contributed by atoms with van der Waals surface area (Å²) in [5.74, 6) is -10.6. The van der Waals surface area contributed by atoms with Gasteiger partial charge in [-0.25, -0.2) is 22.0 Å². The van der Waals surface area contributed by atoms with E-state index in [1.54, 1.807) is 13.1 Å². The molecule has 30 heavy (non-hydrogen) atoms. The molecule has 0 saturated heterocycles. The van der Waals surface area contributed by atoms with Gasteiger partial charge in [0.15, 0.2) is 23.3 Å². The summed E-state index contributed by atoms with van der Waals surface area (Å²) in [6.45, 7) is 3.98. The number of carbonyl (C=O) groups excluding carboxylic acids is 1. The van der Waals surface area contributed by atoms with Crippen molar-refractivity contribution >= 4 is 27.5 Å². The van der Waals surface area contributed by atoms with Crippen LogP contribution in [0.3, 0.4) is 0 Å². The number of nitrogens with zero attached hydrogens (tertiary/aromatic N) is 4. The molecule has 1 N–H and O–H groups in total. The monoisotopic (exact) mass is 491 g/mol. The Morgan fingerprint density at radius 1 is 0.967 bits per heavy atom. The van der Waals surface area contributed by atoms with E-state index in [0.29, 0.717) is 11.4 Å². The van der Waals surface area contributed by atoms with E-state index in [0.717, 1.165) is 9.15 Å². The summed E-state index contributed by atoms with van der Waals surface area (Å²) < 4.78 is 71.2. The molecule has 3 rings (SSSR count). The Kier molecular flexibility index (Phi) is 5.97. The molecule has 0 radical (unpaired) electrons. The molecule has 1 amide bonds. The zero-order chi connectivity index (χ0) is 22.3. The van der Waals surface area contributed by atoms with Gasteiger partial charge in [-0.2, -0.15) is 10.2 Å². The average molecular weight is 492 g/mol. The Labute approximate surface area is 175 Å². The lowest BCUT2D eigenvalue weighted by atomic mass is 10.1. The molecule has 2 aromatic heterocycles. The predicted molar refractivity (Wildman–Crippen MR) is 100 cm³/mol. The van der Waals surface area contributed by atoms with Crippen LogP contribution >= 0.6 is 15.9 Å². The Morgan fingerprint density at radius 2 is 1.53 bits per heavy atom. The van der Waals surface area contributed by atoms with Gasteiger partial charge in [-0.3, -0.25) is 14.2 Å². The Balaban J connectivity index is 1.85. The number of nitrogens with one attached hydrogen (secondary N) is 1. The summed E-state index contributed by atoms with van der Waals surface area (Å²) in [6, 6.07) is 0. The highest BCUT2D eigenvalue weighted by atomic mass is 79.9. The second kappa shape index (κ2) is 8.17. The third kappa shape index (κ3) is 3.95. The van der Waals surface area contributed by atoms with Crippen molar-refractivity contribution in [1.82, 2.24) is 19.6 Å². The molecule has 0 saturated carbocycles. The van der Waals surface area contributed by atoms with Crippen LogP contribution in [-0.2, 0) is 17.9 Å². The number of aryl methyl sites for hydroxylation is 2. The van der Waals surface area contributed by atoms with Gasteiger partial charge in [0.2, 0.25) is 11.7 Å². The van der Waals surface area contributed by atoms with Gasteiger partial charge < -0.3 is 5.32 Å². The van der Waals surface area contributed by atoms with E-state index in [2.05, 4.69) is 31.4 Å². The van der Waals surface area contributed by atoms with Gasteiger partial charge in [0.05, 0.1) is 39.4 Å². The SMILES string of the molecule is Cc1nn(CC(=O)Nc2c(C)nn(Cc3c(F)c(F)c(F)c(F)c3F)c2C)cc1Br. The second-order valence-corrected chi connectivity index (χ2v) is 7.41. The Bertz CT molecular complexity index is 1110. The summed E-state index contributed by atoms with van der Waals surface area (Å²) in [6.07, 6.45) is 1.63. The van der Waals surface area contributed by atoms with Crippen molar-refractivity contribution in [1.29, 1.82) is 0 Å². The maximum atomic E-state index is 14.0. The molecular formula is C18H15BrF5N5O. The lowest BCUT2D eigenvalue weighted by molar-refractivity contribution is -0.116. The van der Waals surface area contributed by atoms with Crippen LogP contribution in [0.15, 0.2) is 10.7 Å². The molecule has 0 aliphatic carbocycles. The summed E-state index contributed by atoms with van der Waals surface area (Å²) in [4.78, 5) is 12.3. The highest BCUT2D eigenvalue weighted by Gasteiger charge is 2.27. The first-order valence-corrected chi connectivity index (χ1v) is 9.34. The molecule has 0 atom stereocenters. The van der Waals surface area contributed by atoms with Crippen molar-refractivity contribution in [2.24, 2.45) is 0 Å². The van der Waals surface area contributed by atoms with Crippen LogP contribution in [-0.4, -0.2) is 25.5 Å². The molecule has 1 aromatic carbocycles. The maximum absolute atomic E-state index is 14.0. The number of benzene rings is 1. The zero-order valence-electron chi connectivity index (χ0n) is 16.0. The van der Waals surface area contributed by atoms with E-state index in [1.807, 2.05) is 0 Å². The molecular weight excluding hydrogens is 477 g/mol. The van der Waals surface area contributed by atoms with Crippen LogP contribution in [0.5, 0.6) is 0 Å². The third-order valence-corrected chi connectivity index (χ3v) is 5.23. The Hall–Kier alpha value is -2.76. The first kappa shape index (κ1) is 21.9. The summed E-state index contributed by atoms with van der Waals surface area (Å²) in [5.41, 5.74) is 0.537. The molecule has 0 spiro atoms. The van der Waals surface area contributed by atoms with Gasteiger partial charge >= 0.3 is 0 Å². The lowest BCUT2D eigenvalue weighted by Crippen LogP contribution is -2.20. The molecule has 0 aliphatic heterocycles. The Morgan fingerprint density at radius 3 is 2.07 bits per heavy atom. The first-order chi connectivity index (χ1) is 14.0. The number of rotatable bonds is 5. The summed E-state index contributed by atoms with van der Waals surface area (Å²) >= 11 is 3.29. The number of aromatic nitrogens is 4. The molecule has 0 fully saturated rings.